The number of ether oxygens (including phenoxy) is 3. The minimum atomic E-state index is -0.0835. The summed E-state index contributed by atoms with van der Waals surface area (Å²) in [6.45, 7) is 6.83. The first-order valence-electron chi connectivity index (χ1n) is 12.1. The first-order chi connectivity index (χ1) is 17.0. The molecule has 0 heterocycles. The van der Waals surface area contributed by atoms with E-state index in [9.17, 15) is 4.79 Å². The van der Waals surface area contributed by atoms with Crippen molar-refractivity contribution >= 4 is 5.91 Å². The summed E-state index contributed by atoms with van der Waals surface area (Å²) in [6, 6.07) is 23.1. The van der Waals surface area contributed by atoms with Crippen LogP contribution in [0.15, 0.2) is 72.8 Å². The molecule has 0 atom stereocenters. The lowest BCUT2D eigenvalue weighted by molar-refractivity contribution is 0.0741. The van der Waals surface area contributed by atoms with E-state index >= 15 is 0 Å². The fourth-order valence-corrected chi connectivity index (χ4v) is 3.59. The molecule has 0 aliphatic carbocycles. The fraction of sp³-hybridized carbons (Fsp3) is 0.345. The molecular weight excluding hydrogens is 440 g/mol. The van der Waals surface area contributed by atoms with Gasteiger partial charge in [0.25, 0.3) is 5.91 Å². The summed E-state index contributed by atoms with van der Waals surface area (Å²) in [5.74, 6) is 2.28. The Kier molecular flexibility index (Phi) is 9.99. The second-order valence-corrected chi connectivity index (χ2v) is 8.86. The number of methoxy groups -OCH3 is 1. The van der Waals surface area contributed by atoms with E-state index in [2.05, 4.69) is 13.8 Å². The normalized spacial score (nSPS) is 10.8. The molecule has 0 aromatic heterocycles. The van der Waals surface area contributed by atoms with Gasteiger partial charge in [-0.15, -0.1) is 0 Å². The van der Waals surface area contributed by atoms with Crippen molar-refractivity contribution in [2.24, 2.45) is 11.7 Å². The monoisotopic (exact) mass is 476 g/mol. The quantitative estimate of drug-likeness (QED) is 0.362. The number of benzene rings is 3. The van der Waals surface area contributed by atoms with Gasteiger partial charge in [0.2, 0.25) is 0 Å². The van der Waals surface area contributed by atoms with Crippen molar-refractivity contribution in [2.45, 2.75) is 33.4 Å². The van der Waals surface area contributed by atoms with Crippen molar-refractivity contribution in [3.63, 3.8) is 0 Å². The lowest BCUT2D eigenvalue weighted by Gasteiger charge is -2.24. The lowest BCUT2D eigenvalue weighted by atomic mass is 10.1. The largest absolute Gasteiger partial charge is 0.493 e. The van der Waals surface area contributed by atoms with Crippen LogP contribution < -0.4 is 19.9 Å². The summed E-state index contributed by atoms with van der Waals surface area (Å²) in [5.41, 5.74) is 8.36. The molecule has 1 amide bonds. The molecule has 3 rings (SSSR count). The molecule has 186 valence electrons. The van der Waals surface area contributed by atoms with E-state index in [0.29, 0.717) is 62.2 Å². The summed E-state index contributed by atoms with van der Waals surface area (Å²) in [5, 5.41) is 0. The van der Waals surface area contributed by atoms with Gasteiger partial charge in [-0.3, -0.25) is 4.79 Å². The Morgan fingerprint density at radius 3 is 2.40 bits per heavy atom. The van der Waals surface area contributed by atoms with Crippen LogP contribution in [0.3, 0.4) is 0 Å². The number of carbonyl (C=O) groups is 1. The smallest absolute Gasteiger partial charge is 0.254 e. The number of rotatable bonds is 13. The van der Waals surface area contributed by atoms with Gasteiger partial charge in [0.1, 0.15) is 12.4 Å². The van der Waals surface area contributed by atoms with Gasteiger partial charge < -0.3 is 24.8 Å². The Balaban J connectivity index is 1.74. The molecule has 3 aromatic carbocycles. The van der Waals surface area contributed by atoms with Crippen LogP contribution in [0.1, 0.15) is 41.8 Å². The minimum absolute atomic E-state index is 0.0835. The third-order valence-electron chi connectivity index (χ3n) is 5.42. The van der Waals surface area contributed by atoms with Gasteiger partial charge in [0.05, 0.1) is 13.7 Å². The summed E-state index contributed by atoms with van der Waals surface area (Å²) in [7, 11) is 1.58. The maximum atomic E-state index is 13.5. The number of nitrogens with zero attached hydrogens (tertiary/aromatic N) is 1. The van der Waals surface area contributed by atoms with E-state index in [-0.39, 0.29) is 5.91 Å². The molecule has 0 aliphatic rings. The summed E-state index contributed by atoms with van der Waals surface area (Å²) < 4.78 is 17.3. The Labute approximate surface area is 208 Å². The van der Waals surface area contributed by atoms with E-state index in [0.717, 1.165) is 16.9 Å². The van der Waals surface area contributed by atoms with Gasteiger partial charge in [0.15, 0.2) is 11.5 Å². The predicted molar refractivity (Wildman–Crippen MR) is 139 cm³/mol. The SMILES string of the molecule is COc1cc(C(=O)N(CCCN)Cc2cccc(OCC(C)C)c2)ccc1OCc1ccccc1. The molecule has 6 nitrogen and oxygen atoms in total. The number of hydrogen-bond acceptors (Lipinski definition) is 5. The van der Waals surface area contributed by atoms with Crippen molar-refractivity contribution in [1.29, 1.82) is 0 Å². The van der Waals surface area contributed by atoms with E-state index in [1.54, 1.807) is 25.3 Å². The molecule has 0 saturated carbocycles. The third-order valence-corrected chi connectivity index (χ3v) is 5.42. The van der Waals surface area contributed by atoms with E-state index in [4.69, 9.17) is 19.9 Å². The van der Waals surface area contributed by atoms with Crippen LogP contribution >= 0.6 is 0 Å². The molecule has 0 spiro atoms. The Morgan fingerprint density at radius 1 is 0.914 bits per heavy atom. The standard InChI is InChI=1S/C29H36N2O4/c1-22(2)20-34-26-12-7-11-24(17-26)19-31(16-8-15-30)29(32)25-13-14-27(28(18-25)33-3)35-21-23-9-5-4-6-10-23/h4-7,9-14,17-18,22H,8,15-16,19-21,30H2,1-3H3. The van der Waals surface area contributed by atoms with Crippen LogP contribution in [0.2, 0.25) is 0 Å². The highest BCUT2D eigenvalue weighted by atomic mass is 16.5. The summed E-state index contributed by atoms with van der Waals surface area (Å²) in [6.07, 6.45) is 0.713. The zero-order chi connectivity index (χ0) is 25.0. The number of nitrogens with two attached hydrogens (primary N) is 1. The van der Waals surface area contributed by atoms with Crippen molar-refractivity contribution in [3.05, 3.63) is 89.5 Å². The number of amides is 1. The van der Waals surface area contributed by atoms with Crippen LogP contribution in [0.25, 0.3) is 0 Å². The third kappa shape index (κ3) is 8.04. The number of hydrogen-bond donors (Lipinski definition) is 1. The first kappa shape index (κ1) is 26.1. The summed E-state index contributed by atoms with van der Waals surface area (Å²) in [4.78, 5) is 15.3. The zero-order valence-electron chi connectivity index (χ0n) is 20.9. The van der Waals surface area contributed by atoms with Gasteiger partial charge in [-0.25, -0.2) is 0 Å². The molecule has 0 fully saturated rings. The van der Waals surface area contributed by atoms with E-state index in [1.165, 1.54) is 0 Å². The molecular formula is C29H36N2O4. The second kappa shape index (κ2) is 13.4. The van der Waals surface area contributed by atoms with E-state index < -0.39 is 0 Å². The van der Waals surface area contributed by atoms with Crippen molar-refractivity contribution in [3.8, 4) is 17.2 Å². The first-order valence-corrected chi connectivity index (χ1v) is 12.1. The predicted octanol–water partition coefficient (Wildman–Crippen LogP) is 5.30. The highest BCUT2D eigenvalue weighted by molar-refractivity contribution is 5.95. The second-order valence-electron chi connectivity index (χ2n) is 8.86. The fourth-order valence-electron chi connectivity index (χ4n) is 3.59. The van der Waals surface area contributed by atoms with Crippen LogP contribution in [0.5, 0.6) is 17.2 Å². The number of carbonyl (C=O) groups excluding carboxylic acids is 1. The van der Waals surface area contributed by atoms with Crippen molar-refractivity contribution in [2.75, 3.05) is 26.8 Å². The molecule has 6 heteroatoms. The van der Waals surface area contributed by atoms with Gasteiger partial charge in [-0.1, -0.05) is 56.3 Å². The van der Waals surface area contributed by atoms with Crippen LogP contribution in [-0.2, 0) is 13.2 Å². The Bertz CT molecular complexity index is 1070. The van der Waals surface area contributed by atoms with Gasteiger partial charge in [-0.2, -0.15) is 0 Å². The van der Waals surface area contributed by atoms with E-state index in [1.807, 2.05) is 59.5 Å². The Hall–Kier alpha value is -3.51. The molecule has 0 saturated heterocycles. The maximum Gasteiger partial charge on any atom is 0.254 e. The van der Waals surface area contributed by atoms with Gasteiger partial charge in [0, 0.05) is 18.7 Å². The van der Waals surface area contributed by atoms with Crippen LogP contribution in [0.4, 0.5) is 0 Å². The van der Waals surface area contributed by atoms with Gasteiger partial charge in [-0.05, 0) is 60.3 Å². The molecule has 3 aromatic rings. The molecule has 35 heavy (non-hydrogen) atoms. The topological polar surface area (TPSA) is 74.0 Å². The highest BCUT2D eigenvalue weighted by Gasteiger charge is 2.18. The molecule has 0 unspecified atom stereocenters. The molecule has 2 N–H and O–H groups in total. The Morgan fingerprint density at radius 2 is 1.69 bits per heavy atom. The highest BCUT2D eigenvalue weighted by Crippen LogP contribution is 2.30. The lowest BCUT2D eigenvalue weighted by Crippen LogP contribution is -2.32. The van der Waals surface area contributed by atoms with Crippen LogP contribution in [-0.4, -0.2) is 37.6 Å². The molecule has 0 aliphatic heterocycles. The minimum Gasteiger partial charge on any atom is -0.493 e. The van der Waals surface area contributed by atoms with Gasteiger partial charge >= 0.3 is 0 Å². The maximum absolute atomic E-state index is 13.5. The van der Waals surface area contributed by atoms with Crippen molar-refractivity contribution in [1.82, 2.24) is 4.90 Å². The molecule has 0 radical (unpaired) electrons. The average Bonchev–Trinajstić information content (AvgIpc) is 2.89. The zero-order valence-corrected chi connectivity index (χ0v) is 20.9. The molecule has 0 bridgehead atoms. The van der Waals surface area contributed by atoms with Crippen LogP contribution in [0, 0.1) is 5.92 Å². The average molecular weight is 477 g/mol. The van der Waals surface area contributed by atoms with Crippen molar-refractivity contribution < 1.29 is 19.0 Å². The summed E-state index contributed by atoms with van der Waals surface area (Å²) >= 11 is 0.